The van der Waals surface area contributed by atoms with Gasteiger partial charge in [-0.05, 0) is 30.4 Å². The van der Waals surface area contributed by atoms with Crippen molar-refractivity contribution < 1.29 is 9.59 Å². The van der Waals surface area contributed by atoms with Crippen molar-refractivity contribution in [3.63, 3.8) is 0 Å². The highest BCUT2D eigenvalue weighted by Gasteiger charge is 2.28. The molecule has 0 radical (unpaired) electrons. The molecule has 1 aromatic heterocycles. The van der Waals surface area contributed by atoms with Crippen molar-refractivity contribution in [3.05, 3.63) is 36.0 Å². The topological polar surface area (TPSA) is 56.4 Å². The van der Waals surface area contributed by atoms with Crippen LogP contribution in [-0.4, -0.2) is 57.9 Å². The summed E-state index contributed by atoms with van der Waals surface area (Å²) in [4.78, 5) is 31.0. The van der Waals surface area contributed by atoms with Gasteiger partial charge in [0.15, 0.2) is 0 Å². The predicted molar refractivity (Wildman–Crippen MR) is 95.9 cm³/mol. The first-order valence-electron chi connectivity index (χ1n) is 8.41. The van der Waals surface area contributed by atoms with Gasteiger partial charge in [0.25, 0.3) is 0 Å². The number of fused-ring (bicyclic) bond motifs is 1. The fourth-order valence-electron chi connectivity index (χ4n) is 3.68. The summed E-state index contributed by atoms with van der Waals surface area (Å²) in [7, 11) is 0. The smallest absolute Gasteiger partial charge is 0.242 e. The molecule has 126 valence electrons. The summed E-state index contributed by atoms with van der Waals surface area (Å²) in [5.41, 5.74) is 2.54. The summed E-state index contributed by atoms with van der Waals surface area (Å²) >= 11 is 1.58. The second-order valence-electron chi connectivity index (χ2n) is 6.51. The van der Waals surface area contributed by atoms with E-state index >= 15 is 0 Å². The van der Waals surface area contributed by atoms with Crippen LogP contribution < -0.4 is 0 Å². The lowest BCUT2D eigenvalue weighted by Gasteiger charge is -2.33. The van der Waals surface area contributed by atoms with Gasteiger partial charge in [0.1, 0.15) is 6.54 Å². The second-order valence-corrected chi connectivity index (χ2v) is 7.47. The average molecular weight is 343 g/mol. The van der Waals surface area contributed by atoms with Crippen molar-refractivity contribution in [2.75, 3.05) is 31.3 Å². The maximum Gasteiger partial charge on any atom is 0.242 e. The molecule has 2 aliphatic rings. The molecule has 4 rings (SSSR count). The zero-order chi connectivity index (χ0) is 16.5. The predicted octanol–water partition coefficient (Wildman–Crippen LogP) is 2.41. The van der Waals surface area contributed by atoms with Gasteiger partial charge in [0.05, 0.1) is 11.6 Å². The van der Waals surface area contributed by atoms with Crippen LogP contribution in [-0.2, 0) is 9.59 Å². The number of para-hydroxylation sites is 1. The first kappa shape index (κ1) is 15.6. The van der Waals surface area contributed by atoms with Crippen molar-refractivity contribution in [2.45, 2.75) is 18.8 Å². The summed E-state index contributed by atoms with van der Waals surface area (Å²) < 4.78 is 0. The molecule has 1 aromatic carbocycles. The van der Waals surface area contributed by atoms with E-state index < -0.39 is 0 Å². The Morgan fingerprint density at radius 2 is 2.04 bits per heavy atom. The van der Waals surface area contributed by atoms with E-state index in [1.807, 2.05) is 11.0 Å². The van der Waals surface area contributed by atoms with Gasteiger partial charge in [0, 0.05) is 30.2 Å². The zero-order valence-electron chi connectivity index (χ0n) is 13.5. The number of H-pyrrole nitrogens is 1. The van der Waals surface area contributed by atoms with Crippen LogP contribution in [0.25, 0.3) is 10.9 Å². The molecule has 2 fully saturated rings. The highest BCUT2D eigenvalue weighted by molar-refractivity contribution is 8.00. The molecule has 24 heavy (non-hydrogen) atoms. The van der Waals surface area contributed by atoms with Crippen molar-refractivity contribution in [3.8, 4) is 0 Å². The summed E-state index contributed by atoms with van der Waals surface area (Å²) in [6.45, 7) is 1.79. The molecule has 0 bridgehead atoms. The molecule has 2 saturated heterocycles. The van der Waals surface area contributed by atoms with Gasteiger partial charge >= 0.3 is 0 Å². The van der Waals surface area contributed by atoms with Crippen LogP contribution in [0.2, 0.25) is 0 Å². The van der Waals surface area contributed by atoms with Crippen LogP contribution in [0.4, 0.5) is 0 Å². The number of carbonyl (C=O) groups is 2. The molecule has 0 unspecified atom stereocenters. The number of nitrogens with zero attached hydrogens (tertiary/aromatic N) is 2. The largest absolute Gasteiger partial charge is 0.361 e. The van der Waals surface area contributed by atoms with Crippen LogP contribution in [0.1, 0.15) is 24.3 Å². The van der Waals surface area contributed by atoms with E-state index in [9.17, 15) is 9.59 Å². The minimum absolute atomic E-state index is 0.0852. The molecular weight excluding hydrogens is 322 g/mol. The second kappa shape index (κ2) is 6.51. The van der Waals surface area contributed by atoms with E-state index in [4.69, 9.17) is 0 Å². The van der Waals surface area contributed by atoms with Crippen LogP contribution in [0.3, 0.4) is 0 Å². The maximum atomic E-state index is 12.4. The Morgan fingerprint density at radius 3 is 2.79 bits per heavy atom. The van der Waals surface area contributed by atoms with E-state index in [1.54, 1.807) is 16.7 Å². The third kappa shape index (κ3) is 2.90. The quantitative estimate of drug-likeness (QED) is 0.931. The van der Waals surface area contributed by atoms with Gasteiger partial charge in [-0.2, -0.15) is 0 Å². The number of likely N-dealkylation sites (tertiary alicyclic amines) is 1. The first-order valence-corrected chi connectivity index (χ1v) is 9.57. The van der Waals surface area contributed by atoms with Crippen LogP contribution in [0.15, 0.2) is 30.5 Å². The zero-order valence-corrected chi connectivity index (χ0v) is 14.3. The fraction of sp³-hybridized carbons (Fsp3) is 0.444. The highest BCUT2D eigenvalue weighted by Crippen LogP contribution is 2.33. The minimum atomic E-state index is 0.0852. The lowest BCUT2D eigenvalue weighted by atomic mass is 9.89. The van der Waals surface area contributed by atoms with Gasteiger partial charge in [-0.15, -0.1) is 11.8 Å². The molecule has 1 N–H and O–H groups in total. The normalized spacial score (nSPS) is 19.4. The van der Waals surface area contributed by atoms with Crippen LogP contribution in [0, 0.1) is 0 Å². The lowest BCUT2D eigenvalue weighted by Crippen LogP contribution is -2.44. The van der Waals surface area contributed by atoms with Crippen molar-refractivity contribution in [1.29, 1.82) is 0 Å². The number of aromatic amines is 1. The number of hydrogen-bond donors (Lipinski definition) is 1. The van der Waals surface area contributed by atoms with Gasteiger partial charge in [-0.25, -0.2) is 0 Å². The summed E-state index contributed by atoms with van der Waals surface area (Å²) in [6.07, 6.45) is 4.08. The van der Waals surface area contributed by atoms with Crippen molar-refractivity contribution >= 4 is 34.5 Å². The van der Waals surface area contributed by atoms with Gasteiger partial charge < -0.3 is 14.8 Å². The van der Waals surface area contributed by atoms with Crippen molar-refractivity contribution in [1.82, 2.24) is 14.8 Å². The molecule has 2 aromatic rings. The van der Waals surface area contributed by atoms with E-state index in [2.05, 4.69) is 29.4 Å². The lowest BCUT2D eigenvalue weighted by molar-refractivity contribution is -0.138. The standard InChI is InChI=1S/C18H21N3O2S/c22-17(10-21-12-24-11-18(21)23)20-7-5-13(6-8-20)15-9-19-16-4-2-1-3-14(15)16/h1-4,9,13,19H,5-8,10-12H2. The van der Waals surface area contributed by atoms with Gasteiger partial charge in [-0.1, -0.05) is 18.2 Å². The number of benzene rings is 1. The highest BCUT2D eigenvalue weighted by atomic mass is 32.2. The SMILES string of the molecule is O=C(CN1CSCC1=O)N1CCC(c2c[nH]c3ccccc23)CC1. The molecule has 0 saturated carbocycles. The van der Waals surface area contributed by atoms with E-state index in [0.717, 1.165) is 25.9 Å². The third-order valence-corrected chi connectivity index (χ3v) is 6.01. The number of hydrogen-bond acceptors (Lipinski definition) is 3. The Labute approximate surface area is 145 Å². The Kier molecular flexibility index (Phi) is 4.22. The number of rotatable bonds is 3. The molecule has 0 aliphatic carbocycles. The molecule has 2 amide bonds. The van der Waals surface area contributed by atoms with E-state index in [1.165, 1.54) is 16.5 Å². The Bertz CT molecular complexity index is 764. The number of amides is 2. The number of aromatic nitrogens is 1. The molecule has 5 nitrogen and oxygen atoms in total. The number of nitrogens with one attached hydrogen (secondary N) is 1. The number of carbonyl (C=O) groups excluding carboxylic acids is 2. The third-order valence-electron chi connectivity index (χ3n) is 5.06. The molecule has 3 heterocycles. The van der Waals surface area contributed by atoms with Crippen molar-refractivity contribution in [2.24, 2.45) is 0 Å². The molecule has 2 aliphatic heterocycles. The van der Waals surface area contributed by atoms with Gasteiger partial charge in [0.2, 0.25) is 11.8 Å². The van der Waals surface area contributed by atoms with E-state index in [0.29, 0.717) is 17.5 Å². The number of piperidine rings is 1. The minimum Gasteiger partial charge on any atom is -0.361 e. The van der Waals surface area contributed by atoms with Crippen LogP contribution in [0.5, 0.6) is 0 Å². The Balaban J connectivity index is 1.38. The summed E-state index contributed by atoms with van der Waals surface area (Å²) in [5, 5.41) is 1.29. The molecule has 0 spiro atoms. The maximum absolute atomic E-state index is 12.4. The summed E-state index contributed by atoms with van der Waals surface area (Å²) in [5.74, 6) is 1.83. The molecule has 6 heteroatoms. The number of thioether (sulfide) groups is 1. The van der Waals surface area contributed by atoms with Gasteiger partial charge in [-0.3, -0.25) is 9.59 Å². The van der Waals surface area contributed by atoms with E-state index in [-0.39, 0.29) is 18.4 Å². The van der Waals surface area contributed by atoms with Crippen LogP contribution >= 0.6 is 11.8 Å². The first-order chi connectivity index (χ1) is 11.7. The average Bonchev–Trinajstić information content (AvgIpc) is 3.21. The molecular formula is C18H21N3O2S. The monoisotopic (exact) mass is 343 g/mol. The Morgan fingerprint density at radius 1 is 1.25 bits per heavy atom. The molecule has 0 atom stereocenters. The fourth-order valence-corrected chi connectivity index (χ4v) is 4.58. The summed E-state index contributed by atoms with van der Waals surface area (Å²) in [6, 6.07) is 8.38. The Hall–Kier alpha value is -1.95.